The van der Waals surface area contributed by atoms with Gasteiger partial charge in [-0.05, 0) is 42.0 Å². The van der Waals surface area contributed by atoms with Gasteiger partial charge in [0.25, 0.3) is 0 Å². The normalized spacial score (nSPS) is 10.8. The van der Waals surface area contributed by atoms with E-state index in [1.54, 1.807) is 0 Å². The number of aromatic nitrogens is 1. The van der Waals surface area contributed by atoms with Crippen LogP contribution in [0.2, 0.25) is 0 Å². The zero-order valence-electron chi connectivity index (χ0n) is 10.6. The predicted molar refractivity (Wildman–Crippen MR) is 76.7 cm³/mol. The Bertz CT molecular complexity index is 708. The Morgan fingerprint density at radius 3 is 2.61 bits per heavy atom. The minimum Gasteiger partial charge on any atom is -0.264 e. The number of benzene rings is 2. The summed E-state index contributed by atoms with van der Waals surface area (Å²) in [5.74, 6) is 0. The third-order valence-corrected chi connectivity index (χ3v) is 3.35. The molecule has 1 aromatic heterocycles. The molecule has 88 valence electrons. The van der Waals surface area contributed by atoms with Crippen LogP contribution in [-0.4, -0.2) is 4.98 Å². The molecule has 2 aromatic carbocycles. The molecule has 1 heterocycles. The van der Waals surface area contributed by atoms with Crippen molar-refractivity contribution in [2.75, 3.05) is 0 Å². The average Bonchev–Trinajstić information content (AvgIpc) is 2.38. The first kappa shape index (κ1) is 11.0. The molecule has 1 nitrogen and oxygen atoms in total. The van der Waals surface area contributed by atoms with Crippen molar-refractivity contribution in [1.82, 2.24) is 4.98 Å². The first-order valence-electron chi connectivity index (χ1n) is 6.16. The van der Waals surface area contributed by atoms with E-state index in [0.29, 0.717) is 0 Å². The van der Waals surface area contributed by atoms with E-state index in [9.17, 15) is 0 Å². The van der Waals surface area contributed by atoms with E-state index < -0.39 is 0 Å². The van der Waals surface area contributed by atoms with Crippen LogP contribution in [0.4, 0.5) is 0 Å². The van der Waals surface area contributed by atoms with Crippen molar-refractivity contribution < 1.29 is 0 Å². The summed E-state index contributed by atoms with van der Waals surface area (Å²) >= 11 is 0. The van der Waals surface area contributed by atoms with E-state index in [-0.39, 0.29) is 0 Å². The molecule has 3 aromatic rings. The van der Waals surface area contributed by atoms with Gasteiger partial charge < -0.3 is 0 Å². The summed E-state index contributed by atoms with van der Waals surface area (Å²) in [6, 6.07) is 15.1. The van der Waals surface area contributed by atoms with Gasteiger partial charge in [-0.3, -0.25) is 4.98 Å². The largest absolute Gasteiger partial charge is 0.264 e. The van der Waals surface area contributed by atoms with Gasteiger partial charge in [0.1, 0.15) is 0 Å². The van der Waals surface area contributed by atoms with Crippen molar-refractivity contribution in [3.05, 3.63) is 66.0 Å². The fourth-order valence-corrected chi connectivity index (χ4v) is 2.47. The molecule has 0 aliphatic rings. The second kappa shape index (κ2) is 4.26. The number of hydrogen-bond acceptors (Lipinski definition) is 1. The molecular formula is C17H15N. The lowest BCUT2D eigenvalue weighted by atomic mass is 9.95. The molecule has 0 radical (unpaired) electrons. The number of nitrogens with zero attached hydrogens (tertiary/aromatic N) is 1. The zero-order valence-corrected chi connectivity index (χ0v) is 10.6. The summed E-state index contributed by atoms with van der Waals surface area (Å²) in [5.41, 5.74) is 5.21. The molecule has 0 saturated heterocycles. The van der Waals surface area contributed by atoms with E-state index in [4.69, 9.17) is 0 Å². The molecule has 0 unspecified atom stereocenters. The lowest BCUT2D eigenvalue weighted by Crippen LogP contribution is -1.87. The summed E-state index contributed by atoms with van der Waals surface area (Å²) in [6.45, 7) is 4.30. The molecule has 0 saturated carbocycles. The van der Waals surface area contributed by atoms with Gasteiger partial charge in [0.2, 0.25) is 0 Å². The van der Waals surface area contributed by atoms with Crippen molar-refractivity contribution in [3.63, 3.8) is 0 Å². The number of rotatable bonds is 1. The Hall–Kier alpha value is -2.15. The third-order valence-electron chi connectivity index (χ3n) is 3.35. The molecule has 0 amide bonds. The first-order chi connectivity index (χ1) is 8.75. The zero-order chi connectivity index (χ0) is 12.5. The second-order valence-electron chi connectivity index (χ2n) is 4.72. The molecule has 0 spiro atoms. The van der Waals surface area contributed by atoms with Gasteiger partial charge >= 0.3 is 0 Å². The standard InChI is InChI=1S/C17H15N/c1-12-6-7-15(13(2)10-12)17-5-3-4-14-11-18-9-8-16(14)17/h3-11H,1-2H3. The van der Waals surface area contributed by atoms with Crippen LogP contribution in [-0.2, 0) is 0 Å². The maximum Gasteiger partial charge on any atom is 0.0346 e. The SMILES string of the molecule is Cc1ccc(-c2cccc3cnccc23)c(C)c1. The number of hydrogen-bond donors (Lipinski definition) is 0. The lowest BCUT2D eigenvalue weighted by molar-refractivity contribution is 1.36. The Balaban J connectivity index is 2.31. The molecule has 0 fully saturated rings. The number of pyridine rings is 1. The van der Waals surface area contributed by atoms with Gasteiger partial charge in [0, 0.05) is 17.8 Å². The van der Waals surface area contributed by atoms with E-state index >= 15 is 0 Å². The van der Waals surface area contributed by atoms with Crippen LogP contribution >= 0.6 is 0 Å². The molecular weight excluding hydrogens is 218 g/mol. The maximum atomic E-state index is 4.18. The van der Waals surface area contributed by atoms with Crippen molar-refractivity contribution in [2.24, 2.45) is 0 Å². The average molecular weight is 233 g/mol. The van der Waals surface area contributed by atoms with Crippen LogP contribution in [0.25, 0.3) is 21.9 Å². The molecule has 0 atom stereocenters. The molecule has 0 aliphatic carbocycles. The van der Waals surface area contributed by atoms with E-state index in [0.717, 1.165) is 0 Å². The van der Waals surface area contributed by atoms with Crippen molar-refractivity contribution >= 4 is 10.8 Å². The highest BCUT2D eigenvalue weighted by atomic mass is 14.6. The number of fused-ring (bicyclic) bond motifs is 1. The fourth-order valence-electron chi connectivity index (χ4n) is 2.47. The summed E-state index contributed by atoms with van der Waals surface area (Å²) in [4.78, 5) is 4.18. The molecule has 3 rings (SSSR count). The molecule has 0 bridgehead atoms. The van der Waals surface area contributed by atoms with Crippen molar-refractivity contribution in [2.45, 2.75) is 13.8 Å². The van der Waals surface area contributed by atoms with Crippen LogP contribution in [0.15, 0.2) is 54.9 Å². The molecule has 18 heavy (non-hydrogen) atoms. The Kier molecular flexibility index (Phi) is 2.60. The molecule has 1 heteroatoms. The predicted octanol–water partition coefficient (Wildman–Crippen LogP) is 4.52. The van der Waals surface area contributed by atoms with Gasteiger partial charge in [0.15, 0.2) is 0 Å². The fraction of sp³-hybridized carbons (Fsp3) is 0.118. The van der Waals surface area contributed by atoms with E-state index in [1.165, 1.54) is 33.0 Å². The van der Waals surface area contributed by atoms with Gasteiger partial charge in [-0.2, -0.15) is 0 Å². The van der Waals surface area contributed by atoms with Crippen LogP contribution < -0.4 is 0 Å². The highest BCUT2D eigenvalue weighted by molar-refractivity contribution is 5.96. The van der Waals surface area contributed by atoms with Crippen LogP contribution in [0, 0.1) is 13.8 Å². The lowest BCUT2D eigenvalue weighted by Gasteiger charge is -2.10. The Morgan fingerprint density at radius 1 is 0.889 bits per heavy atom. The highest BCUT2D eigenvalue weighted by Crippen LogP contribution is 2.30. The molecule has 0 aliphatic heterocycles. The van der Waals surface area contributed by atoms with Gasteiger partial charge in [-0.15, -0.1) is 0 Å². The van der Waals surface area contributed by atoms with Crippen LogP contribution in [0.3, 0.4) is 0 Å². The first-order valence-corrected chi connectivity index (χ1v) is 6.16. The minimum atomic E-state index is 1.19. The summed E-state index contributed by atoms with van der Waals surface area (Å²) < 4.78 is 0. The Morgan fingerprint density at radius 2 is 1.78 bits per heavy atom. The summed E-state index contributed by atoms with van der Waals surface area (Å²) in [5, 5.41) is 2.45. The van der Waals surface area contributed by atoms with Crippen molar-refractivity contribution in [3.8, 4) is 11.1 Å². The summed E-state index contributed by atoms with van der Waals surface area (Å²) in [7, 11) is 0. The van der Waals surface area contributed by atoms with Crippen molar-refractivity contribution in [1.29, 1.82) is 0 Å². The van der Waals surface area contributed by atoms with Gasteiger partial charge in [-0.1, -0.05) is 42.0 Å². The topological polar surface area (TPSA) is 12.9 Å². The van der Waals surface area contributed by atoms with Gasteiger partial charge in [0.05, 0.1) is 0 Å². The van der Waals surface area contributed by atoms with Crippen LogP contribution in [0.1, 0.15) is 11.1 Å². The monoisotopic (exact) mass is 233 g/mol. The van der Waals surface area contributed by atoms with E-state index in [2.05, 4.69) is 61.3 Å². The Labute approximate surface area is 107 Å². The quantitative estimate of drug-likeness (QED) is 0.602. The molecule has 0 N–H and O–H groups in total. The third kappa shape index (κ3) is 1.78. The minimum absolute atomic E-state index is 1.19. The number of aryl methyl sites for hydroxylation is 2. The second-order valence-corrected chi connectivity index (χ2v) is 4.72. The highest BCUT2D eigenvalue weighted by Gasteiger charge is 2.06. The maximum absolute atomic E-state index is 4.18. The van der Waals surface area contributed by atoms with E-state index in [1.807, 2.05) is 12.4 Å². The van der Waals surface area contributed by atoms with Gasteiger partial charge in [-0.25, -0.2) is 0 Å². The summed E-state index contributed by atoms with van der Waals surface area (Å²) in [6.07, 6.45) is 3.78. The van der Waals surface area contributed by atoms with Crippen LogP contribution in [0.5, 0.6) is 0 Å². The smallest absolute Gasteiger partial charge is 0.0346 e.